The van der Waals surface area contributed by atoms with Gasteiger partial charge in [0.15, 0.2) is 0 Å². The molecule has 1 aliphatic carbocycles. The molecule has 1 fully saturated rings. The second kappa shape index (κ2) is 3.94. The van der Waals surface area contributed by atoms with Crippen LogP contribution in [0.2, 0.25) is 0 Å². The van der Waals surface area contributed by atoms with Gasteiger partial charge in [0, 0.05) is 19.1 Å². The van der Waals surface area contributed by atoms with Crippen LogP contribution in [0.4, 0.5) is 11.4 Å². The van der Waals surface area contributed by atoms with Crippen LogP contribution in [-0.4, -0.2) is 19.1 Å². The highest BCUT2D eigenvalue weighted by Gasteiger charge is 2.30. The summed E-state index contributed by atoms with van der Waals surface area (Å²) in [5.74, 6) is 0.949. The van der Waals surface area contributed by atoms with E-state index in [1.807, 2.05) is 0 Å². The summed E-state index contributed by atoms with van der Waals surface area (Å²) in [7, 11) is 0. The van der Waals surface area contributed by atoms with E-state index in [-0.39, 0.29) is 0 Å². The molecule has 0 bridgehead atoms. The third-order valence-electron chi connectivity index (χ3n) is 4.19. The Balaban J connectivity index is 1.97. The maximum Gasteiger partial charge on any atom is 0.0608 e. The number of hydrogen-bond donors (Lipinski definition) is 1. The van der Waals surface area contributed by atoms with Crippen molar-refractivity contribution in [2.45, 2.75) is 39.7 Å². The Morgan fingerprint density at radius 3 is 2.65 bits per heavy atom. The molecule has 0 radical (unpaired) electrons. The van der Waals surface area contributed by atoms with Crippen LogP contribution in [0.15, 0.2) is 12.1 Å². The molecule has 17 heavy (non-hydrogen) atoms. The number of nitrogens with one attached hydrogen (secondary N) is 1. The number of nitrogens with zero attached hydrogens (tertiary/aromatic N) is 1. The van der Waals surface area contributed by atoms with Gasteiger partial charge in [-0.1, -0.05) is 0 Å². The fourth-order valence-corrected chi connectivity index (χ4v) is 2.64. The summed E-state index contributed by atoms with van der Waals surface area (Å²) in [6, 6.07) is 5.27. The van der Waals surface area contributed by atoms with Crippen molar-refractivity contribution in [1.29, 1.82) is 0 Å². The van der Waals surface area contributed by atoms with Gasteiger partial charge in [-0.2, -0.15) is 0 Å². The molecule has 1 saturated carbocycles. The molecule has 1 N–H and O–H groups in total. The van der Waals surface area contributed by atoms with Crippen LogP contribution in [0.3, 0.4) is 0 Å². The summed E-state index contributed by atoms with van der Waals surface area (Å²) in [5.41, 5.74) is 5.53. The third-order valence-corrected chi connectivity index (χ3v) is 4.19. The normalized spacial score (nSPS) is 23.2. The Bertz CT molecular complexity index is 435. The van der Waals surface area contributed by atoms with E-state index in [0.717, 1.165) is 12.5 Å². The van der Waals surface area contributed by atoms with Crippen molar-refractivity contribution in [3.63, 3.8) is 0 Å². The Kier molecular flexibility index (Phi) is 2.53. The van der Waals surface area contributed by atoms with Crippen molar-refractivity contribution in [3.05, 3.63) is 23.3 Å². The minimum atomic E-state index is 0.616. The van der Waals surface area contributed by atoms with Gasteiger partial charge < -0.3 is 10.2 Å². The molecule has 1 aromatic carbocycles. The molecular formula is C15H22N2. The average Bonchev–Trinajstić information content (AvgIpc) is 3.09. The lowest BCUT2D eigenvalue weighted by molar-refractivity contribution is 0.613. The molecule has 0 aromatic heterocycles. The first kappa shape index (κ1) is 10.9. The molecule has 92 valence electrons. The summed E-state index contributed by atoms with van der Waals surface area (Å²) >= 11 is 0. The van der Waals surface area contributed by atoms with E-state index in [9.17, 15) is 0 Å². The van der Waals surface area contributed by atoms with Crippen molar-refractivity contribution in [2.75, 3.05) is 23.3 Å². The van der Waals surface area contributed by atoms with Gasteiger partial charge in [0.2, 0.25) is 0 Å². The quantitative estimate of drug-likeness (QED) is 0.838. The largest absolute Gasteiger partial charge is 0.381 e. The zero-order chi connectivity index (χ0) is 12.0. The monoisotopic (exact) mass is 230 g/mol. The van der Waals surface area contributed by atoms with Crippen molar-refractivity contribution in [2.24, 2.45) is 5.92 Å². The smallest absolute Gasteiger partial charge is 0.0608 e. The summed E-state index contributed by atoms with van der Waals surface area (Å²) < 4.78 is 0. The minimum absolute atomic E-state index is 0.616. The highest BCUT2D eigenvalue weighted by atomic mass is 15.2. The lowest BCUT2D eigenvalue weighted by Crippen LogP contribution is -2.43. The second-order valence-electron chi connectivity index (χ2n) is 5.78. The van der Waals surface area contributed by atoms with Gasteiger partial charge in [-0.3, -0.25) is 0 Å². The Morgan fingerprint density at radius 2 is 1.94 bits per heavy atom. The Hall–Kier alpha value is -1.18. The number of rotatable bonds is 2. The number of fused-ring (bicyclic) bond motifs is 1. The predicted octanol–water partition coefficient (Wildman–Crippen LogP) is 3.33. The standard InChI is InChI=1S/C15H22N2/c1-10-6-14-15(7-11(10)2)17(9-13-4-5-13)12(3)8-16-14/h6-7,12-13,16H,4-5,8-9H2,1-3H3. The van der Waals surface area contributed by atoms with E-state index in [0.29, 0.717) is 6.04 Å². The second-order valence-corrected chi connectivity index (χ2v) is 5.78. The number of anilines is 2. The summed E-state index contributed by atoms with van der Waals surface area (Å²) in [4.78, 5) is 2.61. The SMILES string of the molecule is Cc1cc2c(cc1C)N(CC1CC1)C(C)CN2. The number of hydrogen-bond acceptors (Lipinski definition) is 2. The fourth-order valence-electron chi connectivity index (χ4n) is 2.64. The van der Waals surface area contributed by atoms with E-state index < -0.39 is 0 Å². The van der Waals surface area contributed by atoms with E-state index in [4.69, 9.17) is 0 Å². The zero-order valence-electron chi connectivity index (χ0n) is 11.1. The molecule has 2 nitrogen and oxygen atoms in total. The number of aryl methyl sites for hydroxylation is 2. The molecule has 1 atom stereocenters. The first-order valence-corrected chi connectivity index (χ1v) is 6.77. The van der Waals surface area contributed by atoms with Crippen LogP contribution in [0.5, 0.6) is 0 Å². The fraction of sp³-hybridized carbons (Fsp3) is 0.600. The van der Waals surface area contributed by atoms with Crippen molar-refractivity contribution in [1.82, 2.24) is 0 Å². The lowest BCUT2D eigenvalue weighted by atomic mass is 10.0. The van der Waals surface area contributed by atoms with Crippen LogP contribution in [0.25, 0.3) is 0 Å². The third kappa shape index (κ3) is 2.01. The molecule has 0 amide bonds. The summed E-state index contributed by atoms with van der Waals surface area (Å²) in [5, 5.41) is 3.56. The maximum absolute atomic E-state index is 3.56. The lowest BCUT2D eigenvalue weighted by Gasteiger charge is -2.38. The van der Waals surface area contributed by atoms with Gasteiger partial charge in [0.25, 0.3) is 0 Å². The molecule has 0 saturated heterocycles. The minimum Gasteiger partial charge on any atom is -0.381 e. The van der Waals surface area contributed by atoms with Gasteiger partial charge in [-0.25, -0.2) is 0 Å². The topological polar surface area (TPSA) is 15.3 Å². The van der Waals surface area contributed by atoms with Crippen LogP contribution in [0, 0.1) is 19.8 Å². The Labute approximate surface area is 104 Å². The molecule has 1 aliphatic heterocycles. The van der Waals surface area contributed by atoms with E-state index >= 15 is 0 Å². The molecule has 3 rings (SSSR count). The zero-order valence-corrected chi connectivity index (χ0v) is 11.1. The van der Waals surface area contributed by atoms with Gasteiger partial charge in [-0.15, -0.1) is 0 Å². The van der Waals surface area contributed by atoms with E-state index in [1.165, 1.54) is 41.9 Å². The molecule has 1 unspecified atom stereocenters. The molecule has 2 heteroatoms. The van der Waals surface area contributed by atoms with Crippen LogP contribution in [-0.2, 0) is 0 Å². The number of benzene rings is 1. The van der Waals surface area contributed by atoms with Crippen LogP contribution >= 0.6 is 0 Å². The summed E-state index contributed by atoms with van der Waals surface area (Å²) in [6.07, 6.45) is 2.85. The Morgan fingerprint density at radius 1 is 1.24 bits per heavy atom. The molecular weight excluding hydrogens is 208 g/mol. The highest BCUT2D eigenvalue weighted by molar-refractivity contribution is 5.74. The van der Waals surface area contributed by atoms with Crippen LogP contribution < -0.4 is 10.2 Å². The maximum atomic E-state index is 3.56. The molecule has 0 spiro atoms. The molecule has 1 aromatic rings. The predicted molar refractivity (Wildman–Crippen MR) is 73.9 cm³/mol. The van der Waals surface area contributed by atoms with E-state index in [1.54, 1.807) is 0 Å². The first-order chi connectivity index (χ1) is 8.15. The van der Waals surface area contributed by atoms with Crippen LogP contribution in [0.1, 0.15) is 30.9 Å². The average molecular weight is 230 g/mol. The van der Waals surface area contributed by atoms with Gasteiger partial charge in [-0.05, 0) is 62.8 Å². The van der Waals surface area contributed by atoms with Gasteiger partial charge in [0.05, 0.1) is 11.4 Å². The summed E-state index contributed by atoms with van der Waals surface area (Å²) in [6.45, 7) is 9.05. The van der Waals surface area contributed by atoms with Gasteiger partial charge >= 0.3 is 0 Å². The van der Waals surface area contributed by atoms with Gasteiger partial charge in [0.1, 0.15) is 0 Å². The van der Waals surface area contributed by atoms with Crippen molar-refractivity contribution < 1.29 is 0 Å². The van der Waals surface area contributed by atoms with Crippen molar-refractivity contribution >= 4 is 11.4 Å². The molecule has 2 aliphatic rings. The highest BCUT2D eigenvalue weighted by Crippen LogP contribution is 2.38. The first-order valence-electron chi connectivity index (χ1n) is 6.77. The van der Waals surface area contributed by atoms with Crippen molar-refractivity contribution in [3.8, 4) is 0 Å². The molecule has 1 heterocycles. The van der Waals surface area contributed by atoms with E-state index in [2.05, 4.69) is 43.1 Å².